The molecule has 152 valence electrons. The Kier molecular flexibility index (Phi) is 6.83. The largest absolute Gasteiger partial charge is 0.387 e. The molecule has 2 saturated heterocycles. The van der Waals surface area contributed by atoms with Crippen LogP contribution in [0.25, 0.3) is 0 Å². The highest BCUT2D eigenvalue weighted by atomic mass is 32.1. The minimum Gasteiger partial charge on any atom is -0.387 e. The minimum atomic E-state index is -0.255. The number of nitrogens with zero attached hydrogens (tertiary/aromatic N) is 3. The fraction of sp³-hybridized carbons (Fsp3) is 0.550. The average molecular weight is 406 g/mol. The third-order valence-electron chi connectivity index (χ3n) is 5.41. The zero-order chi connectivity index (χ0) is 20.1. The molecule has 1 aromatic carbocycles. The second-order valence-electron chi connectivity index (χ2n) is 7.59. The molecule has 0 saturated carbocycles. The number of nitrogens with two attached hydrogens (primary N) is 1. The molecule has 6 nitrogen and oxygen atoms in total. The van der Waals surface area contributed by atoms with Crippen LogP contribution in [0.3, 0.4) is 0 Å². The summed E-state index contributed by atoms with van der Waals surface area (Å²) in [6, 6.07) is 5.37. The first kappa shape index (κ1) is 20.5. The fourth-order valence-electron chi connectivity index (χ4n) is 3.88. The van der Waals surface area contributed by atoms with Gasteiger partial charge >= 0.3 is 6.03 Å². The van der Waals surface area contributed by atoms with Gasteiger partial charge in [0.25, 0.3) is 0 Å². The number of carbonyl (C=O) groups excluding carboxylic acids is 1. The molecule has 3 N–H and O–H groups in total. The molecule has 2 fully saturated rings. The van der Waals surface area contributed by atoms with Crippen LogP contribution in [-0.2, 0) is 6.42 Å². The zero-order valence-corrected chi connectivity index (χ0v) is 17.1. The summed E-state index contributed by atoms with van der Waals surface area (Å²) in [4.78, 5) is 20.0. The van der Waals surface area contributed by atoms with Crippen molar-refractivity contribution < 1.29 is 9.18 Å². The third-order valence-corrected chi connectivity index (χ3v) is 5.60. The summed E-state index contributed by atoms with van der Waals surface area (Å²) < 4.78 is 14.6. The minimum absolute atomic E-state index is 0.0762. The van der Waals surface area contributed by atoms with Gasteiger partial charge in [0.2, 0.25) is 5.11 Å². The molecule has 0 aliphatic carbocycles. The standard InChI is InChI=1S/C20H28FN5OS/c1-14(22)23-19(28)24-20(27)26-10-6-15(7-11-26)12-16-4-5-17(13-18(16)21)25-8-2-3-9-25/h4-5,13,15H,2-3,6-12H2,1H3,(H3,22,23,24,27,28). The summed E-state index contributed by atoms with van der Waals surface area (Å²) in [7, 11) is 0. The molecule has 0 aromatic heterocycles. The molecule has 2 amide bonds. The van der Waals surface area contributed by atoms with Crippen LogP contribution in [0.4, 0.5) is 14.9 Å². The summed E-state index contributed by atoms with van der Waals surface area (Å²) >= 11 is 4.98. The van der Waals surface area contributed by atoms with E-state index in [9.17, 15) is 9.18 Å². The van der Waals surface area contributed by atoms with Crippen molar-refractivity contribution in [3.63, 3.8) is 0 Å². The molecule has 0 atom stereocenters. The molecule has 2 aliphatic rings. The Morgan fingerprint density at radius 1 is 1.29 bits per heavy atom. The summed E-state index contributed by atoms with van der Waals surface area (Å²) in [5.74, 6) is 0.555. The number of aliphatic imine (C=N–C) groups is 1. The SMILES string of the molecule is C/C(N)=N/C(=S)NC(=O)N1CCC(Cc2ccc(N3CCCC3)cc2F)CC1. The van der Waals surface area contributed by atoms with Gasteiger partial charge in [0.15, 0.2) is 0 Å². The van der Waals surface area contributed by atoms with E-state index in [1.165, 1.54) is 12.8 Å². The lowest BCUT2D eigenvalue weighted by Gasteiger charge is -2.32. The lowest BCUT2D eigenvalue weighted by molar-refractivity contribution is 0.174. The van der Waals surface area contributed by atoms with Crippen LogP contribution in [-0.4, -0.2) is 48.1 Å². The van der Waals surface area contributed by atoms with Gasteiger partial charge in [0, 0.05) is 31.9 Å². The maximum atomic E-state index is 14.6. The van der Waals surface area contributed by atoms with Crippen LogP contribution in [0.5, 0.6) is 0 Å². The van der Waals surface area contributed by atoms with Crippen LogP contribution >= 0.6 is 12.2 Å². The predicted octanol–water partition coefficient (Wildman–Crippen LogP) is 3.05. The molecular weight excluding hydrogens is 377 g/mol. The highest BCUT2D eigenvalue weighted by Gasteiger charge is 2.24. The van der Waals surface area contributed by atoms with Crippen molar-refractivity contribution in [3.8, 4) is 0 Å². The average Bonchev–Trinajstić information content (AvgIpc) is 3.18. The summed E-state index contributed by atoms with van der Waals surface area (Å²) in [6.45, 7) is 4.88. The highest BCUT2D eigenvalue weighted by Crippen LogP contribution is 2.27. The number of urea groups is 1. The molecule has 0 unspecified atom stereocenters. The number of anilines is 1. The van der Waals surface area contributed by atoms with Gasteiger partial charge in [-0.2, -0.15) is 0 Å². The fourth-order valence-corrected chi connectivity index (χ4v) is 4.11. The predicted molar refractivity (Wildman–Crippen MR) is 114 cm³/mol. The summed E-state index contributed by atoms with van der Waals surface area (Å²) in [5.41, 5.74) is 7.21. The number of benzene rings is 1. The number of halogens is 1. The smallest absolute Gasteiger partial charge is 0.323 e. The van der Waals surface area contributed by atoms with Crippen molar-refractivity contribution in [3.05, 3.63) is 29.6 Å². The van der Waals surface area contributed by atoms with Gasteiger partial charge < -0.3 is 15.5 Å². The Hall–Kier alpha value is -2.22. The van der Waals surface area contributed by atoms with E-state index in [2.05, 4.69) is 15.2 Å². The van der Waals surface area contributed by atoms with E-state index >= 15 is 0 Å². The maximum absolute atomic E-state index is 14.6. The number of amidine groups is 1. The molecule has 2 heterocycles. The molecule has 3 rings (SSSR count). The van der Waals surface area contributed by atoms with E-state index in [4.69, 9.17) is 18.0 Å². The van der Waals surface area contributed by atoms with Gasteiger partial charge in [-0.15, -0.1) is 0 Å². The quantitative estimate of drug-likeness (QED) is 0.461. The third kappa shape index (κ3) is 5.41. The Morgan fingerprint density at radius 2 is 1.96 bits per heavy atom. The number of thiocarbonyl (C=S) groups is 1. The second kappa shape index (κ2) is 9.32. The molecular formula is C20H28FN5OS. The highest BCUT2D eigenvalue weighted by molar-refractivity contribution is 7.80. The molecule has 0 bridgehead atoms. The van der Waals surface area contributed by atoms with Crippen molar-refractivity contribution in [2.75, 3.05) is 31.1 Å². The van der Waals surface area contributed by atoms with Gasteiger partial charge in [-0.25, -0.2) is 14.2 Å². The van der Waals surface area contributed by atoms with E-state index in [0.717, 1.165) is 37.2 Å². The first-order valence-electron chi connectivity index (χ1n) is 9.86. The lowest BCUT2D eigenvalue weighted by atomic mass is 9.90. The number of carbonyl (C=O) groups is 1. The van der Waals surface area contributed by atoms with Crippen molar-refractivity contribution in [2.24, 2.45) is 16.6 Å². The lowest BCUT2D eigenvalue weighted by Crippen LogP contribution is -2.46. The molecule has 8 heteroatoms. The van der Waals surface area contributed by atoms with Crippen molar-refractivity contribution >= 4 is 34.9 Å². The van der Waals surface area contributed by atoms with Crippen LogP contribution in [0.1, 0.15) is 38.2 Å². The Bertz CT molecular complexity index is 751. The van der Waals surface area contributed by atoms with Gasteiger partial charge in [0.1, 0.15) is 5.82 Å². The van der Waals surface area contributed by atoms with E-state index in [0.29, 0.717) is 31.3 Å². The van der Waals surface area contributed by atoms with Gasteiger partial charge in [-0.1, -0.05) is 6.07 Å². The Morgan fingerprint density at radius 3 is 2.57 bits per heavy atom. The van der Waals surface area contributed by atoms with Crippen LogP contribution in [0, 0.1) is 11.7 Å². The van der Waals surface area contributed by atoms with E-state index < -0.39 is 0 Å². The van der Waals surface area contributed by atoms with Crippen molar-refractivity contribution in [2.45, 2.75) is 39.0 Å². The van der Waals surface area contributed by atoms with Crippen LogP contribution in [0.2, 0.25) is 0 Å². The number of hydrogen-bond acceptors (Lipinski definition) is 3. The molecule has 0 radical (unpaired) electrons. The van der Waals surface area contributed by atoms with E-state index in [-0.39, 0.29) is 17.0 Å². The number of likely N-dealkylation sites (tertiary alicyclic amines) is 1. The number of nitrogens with one attached hydrogen (secondary N) is 1. The van der Waals surface area contributed by atoms with Crippen LogP contribution < -0.4 is 16.0 Å². The van der Waals surface area contributed by atoms with Crippen molar-refractivity contribution in [1.82, 2.24) is 10.2 Å². The Balaban J connectivity index is 1.49. The number of hydrogen-bond donors (Lipinski definition) is 2. The summed E-state index contributed by atoms with van der Waals surface area (Å²) in [5, 5.41) is 2.65. The second-order valence-corrected chi connectivity index (χ2v) is 7.98. The normalized spacial score (nSPS) is 18.4. The van der Waals surface area contributed by atoms with Gasteiger partial charge in [0.05, 0.1) is 5.84 Å². The van der Waals surface area contributed by atoms with E-state index in [1.807, 2.05) is 12.1 Å². The summed E-state index contributed by atoms with van der Waals surface area (Å²) in [6.07, 6.45) is 4.74. The number of rotatable bonds is 3. The first-order chi connectivity index (χ1) is 13.4. The van der Waals surface area contributed by atoms with Crippen LogP contribution in [0.15, 0.2) is 23.2 Å². The first-order valence-corrected chi connectivity index (χ1v) is 10.3. The Labute approximate surface area is 171 Å². The van der Waals surface area contributed by atoms with Gasteiger partial charge in [-0.05, 0) is 74.9 Å². The number of amides is 2. The zero-order valence-electron chi connectivity index (χ0n) is 16.3. The van der Waals surface area contributed by atoms with Gasteiger partial charge in [-0.3, -0.25) is 5.32 Å². The van der Waals surface area contributed by atoms with E-state index in [1.54, 1.807) is 17.9 Å². The number of piperidine rings is 1. The molecule has 28 heavy (non-hydrogen) atoms. The topological polar surface area (TPSA) is 74.0 Å². The molecule has 2 aliphatic heterocycles. The monoisotopic (exact) mass is 405 g/mol. The maximum Gasteiger partial charge on any atom is 0.323 e. The molecule has 0 spiro atoms. The molecule has 1 aromatic rings. The van der Waals surface area contributed by atoms with Crippen molar-refractivity contribution in [1.29, 1.82) is 0 Å².